The highest BCUT2D eigenvalue weighted by atomic mass is 35.5. The van der Waals surface area contributed by atoms with Crippen molar-refractivity contribution in [3.63, 3.8) is 0 Å². The fraction of sp³-hybridized carbons (Fsp3) is 0.0588. The number of benzene rings is 2. The third-order valence-electron chi connectivity index (χ3n) is 3.22. The molecule has 2 aromatic heterocycles. The highest BCUT2D eigenvalue weighted by Crippen LogP contribution is 2.32. The van der Waals surface area contributed by atoms with Gasteiger partial charge in [0.2, 0.25) is 5.13 Å². The molecule has 0 saturated heterocycles. The van der Waals surface area contributed by atoms with Crippen LogP contribution in [0.3, 0.4) is 0 Å². The number of halogens is 1. The molecule has 0 aliphatic rings. The molecule has 0 unspecified atom stereocenters. The maximum atomic E-state index is 5.96. The molecule has 0 aliphatic heterocycles. The van der Waals surface area contributed by atoms with Gasteiger partial charge in [-0.2, -0.15) is 0 Å². The van der Waals surface area contributed by atoms with Crippen LogP contribution in [0.1, 0.15) is 10.6 Å². The first-order chi connectivity index (χ1) is 12.3. The van der Waals surface area contributed by atoms with Crippen LogP contribution in [0.15, 0.2) is 57.9 Å². The lowest BCUT2D eigenvalue weighted by Crippen LogP contribution is -1.79. The predicted octanol–water partition coefficient (Wildman–Crippen LogP) is 5.84. The van der Waals surface area contributed by atoms with Crippen LogP contribution in [0.25, 0.3) is 10.2 Å². The Bertz CT molecular complexity index is 1010. The lowest BCUT2D eigenvalue weighted by Gasteiger charge is -1.92. The molecule has 0 bridgehead atoms. The van der Waals surface area contributed by atoms with Gasteiger partial charge in [-0.25, -0.2) is 9.98 Å². The summed E-state index contributed by atoms with van der Waals surface area (Å²) in [5, 5.41) is 10.6. The lowest BCUT2D eigenvalue weighted by atomic mass is 10.2. The second kappa shape index (κ2) is 7.61. The van der Waals surface area contributed by atoms with Crippen molar-refractivity contribution < 1.29 is 0 Å². The third kappa shape index (κ3) is 4.24. The molecule has 25 heavy (non-hydrogen) atoms. The Balaban J connectivity index is 1.41. The number of hydrogen-bond donors (Lipinski definition) is 0. The molecule has 0 aliphatic carbocycles. The highest BCUT2D eigenvalue weighted by Gasteiger charge is 2.07. The Labute approximate surface area is 161 Å². The van der Waals surface area contributed by atoms with Gasteiger partial charge in [0.05, 0.1) is 16.0 Å². The van der Waals surface area contributed by atoms with Gasteiger partial charge in [-0.15, -0.1) is 21.5 Å². The van der Waals surface area contributed by atoms with E-state index < -0.39 is 0 Å². The number of thioether (sulfide) groups is 1. The Morgan fingerprint density at radius 3 is 2.88 bits per heavy atom. The molecule has 2 heterocycles. The van der Waals surface area contributed by atoms with Gasteiger partial charge in [-0.1, -0.05) is 59.0 Å². The molecule has 0 spiro atoms. The number of fused-ring (bicyclic) bond motifs is 1. The van der Waals surface area contributed by atoms with Gasteiger partial charge in [0.15, 0.2) is 4.34 Å². The molecule has 4 nitrogen and oxygen atoms in total. The van der Waals surface area contributed by atoms with E-state index in [1.807, 2.05) is 42.5 Å². The number of hydrogen-bond acceptors (Lipinski definition) is 7. The average Bonchev–Trinajstić information content (AvgIpc) is 3.24. The third-order valence-corrected chi connectivity index (χ3v) is 6.66. The van der Waals surface area contributed by atoms with Gasteiger partial charge in [-0.3, -0.25) is 0 Å². The van der Waals surface area contributed by atoms with Gasteiger partial charge in [0, 0.05) is 11.2 Å². The molecule has 0 atom stereocenters. The van der Waals surface area contributed by atoms with Gasteiger partial charge in [0.1, 0.15) is 5.01 Å². The van der Waals surface area contributed by atoms with Gasteiger partial charge >= 0.3 is 0 Å². The normalized spacial score (nSPS) is 11.6. The van der Waals surface area contributed by atoms with E-state index >= 15 is 0 Å². The van der Waals surface area contributed by atoms with Crippen LogP contribution in [0.4, 0.5) is 5.13 Å². The molecule has 4 aromatic rings. The van der Waals surface area contributed by atoms with Crippen molar-refractivity contribution in [3.05, 3.63) is 64.1 Å². The molecule has 2 aromatic carbocycles. The van der Waals surface area contributed by atoms with E-state index in [1.54, 1.807) is 29.3 Å². The summed E-state index contributed by atoms with van der Waals surface area (Å²) in [5.41, 5.74) is 1.98. The van der Waals surface area contributed by atoms with Gasteiger partial charge in [-0.05, 0) is 29.8 Å². The number of aromatic nitrogens is 3. The van der Waals surface area contributed by atoms with Crippen molar-refractivity contribution >= 4 is 67.6 Å². The first kappa shape index (κ1) is 16.7. The minimum Gasteiger partial charge on any atom is -0.230 e. The van der Waals surface area contributed by atoms with E-state index in [0.717, 1.165) is 26.2 Å². The second-order valence-electron chi connectivity index (χ2n) is 5.03. The maximum absolute atomic E-state index is 5.96. The Hall–Kier alpha value is -1.80. The molecule has 8 heteroatoms. The number of para-hydroxylation sites is 1. The molecule has 0 N–H and O–H groups in total. The fourth-order valence-corrected chi connectivity index (χ4v) is 5.05. The van der Waals surface area contributed by atoms with Crippen LogP contribution in [0.5, 0.6) is 0 Å². The second-order valence-corrected chi connectivity index (χ2v) is 8.76. The largest absolute Gasteiger partial charge is 0.231 e. The van der Waals surface area contributed by atoms with E-state index in [1.165, 1.54) is 16.0 Å². The molecule has 0 radical (unpaired) electrons. The van der Waals surface area contributed by atoms with Crippen LogP contribution in [-0.4, -0.2) is 21.4 Å². The predicted molar refractivity (Wildman–Crippen MR) is 108 cm³/mol. The Kier molecular flexibility index (Phi) is 5.07. The summed E-state index contributed by atoms with van der Waals surface area (Å²) in [6.45, 7) is 0. The molecule has 0 fully saturated rings. The Morgan fingerprint density at radius 1 is 1.08 bits per heavy atom. The van der Waals surface area contributed by atoms with Gasteiger partial charge in [0.25, 0.3) is 0 Å². The monoisotopic (exact) mass is 402 g/mol. The fourth-order valence-electron chi connectivity index (χ4n) is 2.11. The minimum absolute atomic E-state index is 0.639. The smallest absolute Gasteiger partial charge is 0.230 e. The molecule has 4 rings (SSSR count). The molecular weight excluding hydrogens is 392 g/mol. The number of thiazole rings is 1. The van der Waals surface area contributed by atoms with E-state index in [9.17, 15) is 0 Å². The van der Waals surface area contributed by atoms with Crippen LogP contribution in [0.2, 0.25) is 5.02 Å². The summed E-state index contributed by atoms with van der Waals surface area (Å²) in [6, 6.07) is 15.7. The van der Waals surface area contributed by atoms with Crippen molar-refractivity contribution in [1.82, 2.24) is 15.2 Å². The summed E-state index contributed by atoms with van der Waals surface area (Å²) >= 11 is 10.8. The number of nitrogens with zero attached hydrogens (tertiary/aromatic N) is 4. The number of rotatable bonds is 5. The zero-order valence-corrected chi connectivity index (χ0v) is 16.0. The topological polar surface area (TPSA) is 51.0 Å². The average molecular weight is 403 g/mol. The van der Waals surface area contributed by atoms with Crippen molar-refractivity contribution in [2.45, 2.75) is 10.1 Å². The van der Waals surface area contributed by atoms with Crippen molar-refractivity contribution in [2.24, 2.45) is 4.99 Å². The summed E-state index contributed by atoms with van der Waals surface area (Å²) in [7, 11) is 0. The van der Waals surface area contributed by atoms with E-state index in [4.69, 9.17) is 11.6 Å². The summed E-state index contributed by atoms with van der Waals surface area (Å²) in [6.07, 6.45) is 1.75. The zero-order chi connectivity index (χ0) is 17.1. The number of aliphatic imine (C=N–C) groups is 1. The lowest BCUT2D eigenvalue weighted by molar-refractivity contribution is 1.04. The molecule has 124 valence electrons. The quantitative estimate of drug-likeness (QED) is 0.310. The molecule has 0 amide bonds. The minimum atomic E-state index is 0.639. The van der Waals surface area contributed by atoms with Crippen LogP contribution in [-0.2, 0) is 5.75 Å². The molecular formula is C17H11ClN4S3. The summed E-state index contributed by atoms with van der Waals surface area (Å²) < 4.78 is 2.24. The Morgan fingerprint density at radius 2 is 2.00 bits per heavy atom. The van der Waals surface area contributed by atoms with Crippen LogP contribution >= 0.6 is 46.0 Å². The van der Waals surface area contributed by atoms with Crippen molar-refractivity contribution in [3.8, 4) is 0 Å². The summed E-state index contributed by atoms with van der Waals surface area (Å²) in [5.74, 6) is 0.740. The van der Waals surface area contributed by atoms with E-state index in [2.05, 4.69) is 26.2 Å². The van der Waals surface area contributed by atoms with E-state index in [-0.39, 0.29) is 0 Å². The SMILES string of the molecule is Clc1cccc(/C=N/c2nnc(CSc3nc4ccccc4s3)s2)c1. The zero-order valence-electron chi connectivity index (χ0n) is 12.8. The van der Waals surface area contributed by atoms with Crippen LogP contribution in [0, 0.1) is 0 Å². The highest BCUT2D eigenvalue weighted by molar-refractivity contribution is 8.00. The first-order valence-corrected chi connectivity index (χ1v) is 10.4. The van der Waals surface area contributed by atoms with E-state index in [0.29, 0.717) is 10.2 Å². The van der Waals surface area contributed by atoms with Crippen molar-refractivity contribution in [1.29, 1.82) is 0 Å². The van der Waals surface area contributed by atoms with Crippen molar-refractivity contribution in [2.75, 3.05) is 0 Å². The van der Waals surface area contributed by atoms with Gasteiger partial charge < -0.3 is 0 Å². The summed E-state index contributed by atoms with van der Waals surface area (Å²) in [4.78, 5) is 8.98. The molecule has 0 saturated carbocycles. The van der Waals surface area contributed by atoms with Crippen LogP contribution < -0.4 is 0 Å². The maximum Gasteiger partial charge on any atom is 0.231 e. The standard InChI is InChI=1S/C17H11ClN4S3/c18-12-5-3-4-11(8-12)9-19-16-22-21-15(25-16)10-23-17-20-13-6-1-2-7-14(13)24-17/h1-9H,10H2/b19-9+. The first-order valence-electron chi connectivity index (χ1n) is 7.37.